The van der Waals surface area contributed by atoms with E-state index in [1.165, 1.54) is 93.6 Å². The van der Waals surface area contributed by atoms with Crippen LogP contribution in [0.4, 0.5) is 23.0 Å². The fourth-order valence-corrected chi connectivity index (χ4v) is 11.0. The molecule has 6 N–H and O–H groups in total. The number of likely N-dealkylation sites (N-methyl/N-ethyl adjacent to an activating group) is 3. The number of hydrogen-bond acceptors (Lipinski definition) is 16. The molecular weight excluding hydrogens is 1110 g/mol. The molecule has 10 rings (SSSR count). The van der Waals surface area contributed by atoms with E-state index >= 15 is 0 Å². The molecule has 0 saturated carbocycles. The minimum absolute atomic E-state index is 0. The van der Waals surface area contributed by atoms with E-state index < -0.39 is 11.9 Å². The van der Waals surface area contributed by atoms with E-state index in [-0.39, 0.29) is 32.9 Å². The number of nitrogens with one attached hydrogen (secondary N) is 2. The maximum atomic E-state index is 10.8. The first kappa shape index (κ1) is 70.4. The number of unbranched alkanes of at least 4 members (excludes halogenated alkanes) is 2. The molecule has 0 bridgehead atoms. The Morgan fingerprint density at radius 3 is 1.38 bits per heavy atom. The van der Waals surface area contributed by atoms with Gasteiger partial charge < -0.3 is 60.1 Å². The Bertz CT molecular complexity index is 3000. The van der Waals surface area contributed by atoms with Crippen LogP contribution in [0, 0.1) is 27.7 Å². The summed E-state index contributed by atoms with van der Waals surface area (Å²) in [7, 11) is 4.29. The van der Waals surface area contributed by atoms with Crippen molar-refractivity contribution in [3.05, 3.63) is 119 Å². The summed E-state index contributed by atoms with van der Waals surface area (Å²) in [5.41, 5.74) is 26.8. The second kappa shape index (κ2) is 34.2. The number of nitrogen functional groups attached to an aromatic ring is 2. The summed E-state index contributed by atoms with van der Waals surface area (Å²) in [6.07, 6.45) is 17.7. The van der Waals surface area contributed by atoms with Crippen molar-refractivity contribution in [2.24, 2.45) is 0 Å². The number of nitrogens with two attached hydrogens (primary N) is 2. The molecule has 4 aliphatic rings. The van der Waals surface area contributed by atoms with Gasteiger partial charge in [-0.3, -0.25) is 4.79 Å². The van der Waals surface area contributed by atoms with Gasteiger partial charge in [-0.1, -0.05) is 52.8 Å². The van der Waals surface area contributed by atoms with Crippen LogP contribution >= 0.6 is 27.0 Å². The monoisotopic (exact) mass is 1210 g/mol. The molecule has 4 aliphatic heterocycles. The zero-order valence-electron chi connectivity index (χ0n) is 52.0. The van der Waals surface area contributed by atoms with Gasteiger partial charge in [0.1, 0.15) is 24.8 Å². The number of hydrogen-bond donors (Lipinski definition) is 4. The fourth-order valence-electron chi connectivity index (χ4n) is 11.0. The van der Waals surface area contributed by atoms with E-state index in [0.717, 1.165) is 99.6 Å². The second-order valence-corrected chi connectivity index (χ2v) is 21.6. The van der Waals surface area contributed by atoms with E-state index in [1.807, 2.05) is 26.2 Å². The van der Waals surface area contributed by atoms with Crippen molar-refractivity contribution in [3.63, 3.8) is 0 Å². The quantitative estimate of drug-likeness (QED) is 0.0426. The lowest BCUT2D eigenvalue weighted by molar-refractivity contribution is -0.152. The molecule has 0 spiro atoms. The van der Waals surface area contributed by atoms with E-state index in [2.05, 4.69) is 144 Å². The van der Waals surface area contributed by atoms with E-state index in [1.54, 1.807) is 4.90 Å². The first-order valence-corrected chi connectivity index (χ1v) is 29.4. The second-order valence-electron chi connectivity index (χ2n) is 21.6. The van der Waals surface area contributed by atoms with Crippen molar-refractivity contribution in [2.45, 2.75) is 138 Å². The minimum Gasteiger partial charge on any atom is -0.462 e. The van der Waals surface area contributed by atoms with Gasteiger partial charge in [-0.25, -0.2) is 9.59 Å². The lowest BCUT2D eigenvalue weighted by Gasteiger charge is -2.32. The van der Waals surface area contributed by atoms with E-state index in [0.29, 0.717) is 62.0 Å². The Balaban J connectivity index is 0.000000263. The van der Waals surface area contributed by atoms with Crippen LogP contribution in [0.15, 0.2) is 74.6 Å². The van der Waals surface area contributed by atoms with Gasteiger partial charge in [0, 0.05) is 107 Å². The van der Waals surface area contributed by atoms with Gasteiger partial charge in [0.2, 0.25) is 5.91 Å². The molecule has 2 atom stereocenters. The SMILES string of the molecule is C=CC(=O)N(CC)CC.C=CC(=O)OC(=O)C=C.CCCCC.Cc1cc2[nH]ccc2c(N2CCc3c(N)nc(OC[C@@H]4CCCN4C)nc3C2)c1C.Cc1cc2[nH]ccc2c(N2CCc3c(N)nc(OC[C@@H]4CCCN4C)nc3C2)c1C.S.S. The molecular formula is C64H95N13O6S2. The number of anilines is 4. The average molecular weight is 1210 g/mol. The average Bonchev–Trinajstić information content (AvgIpc) is 4.07. The largest absolute Gasteiger partial charge is 0.462 e. The number of benzene rings is 2. The molecule has 464 valence electrons. The molecule has 2 fully saturated rings. The summed E-state index contributed by atoms with van der Waals surface area (Å²) in [6.45, 7) is 34.9. The van der Waals surface area contributed by atoms with E-state index in [9.17, 15) is 14.4 Å². The number of fused-ring (bicyclic) bond motifs is 4. The van der Waals surface area contributed by atoms with Crippen LogP contribution in [0.5, 0.6) is 12.0 Å². The Morgan fingerprint density at radius 1 is 0.647 bits per heavy atom. The highest BCUT2D eigenvalue weighted by molar-refractivity contribution is 7.59. The van der Waals surface area contributed by atoms with Crippen LogP contribution in [-0.4, -0.2) is 141 Å². The Hall–Kier alpha value is -7.07. The number of likely N-dealkylation sites (tertiary alicyclic amines) is 2. The number of nitrogens with zero attached hydrogens (tertiary/aromatic N) is 9. The number of carbonyl (C=O) groups is 3. The molecule has 21 heteroatoms. The number of rotatable bonds is 15. The number of aryl methyl sites for hydroxylation is 2. The predicted octanol–water partition coefficient (Wildman–Crippen LogP) is 10.3. The van der Waals surface area contributed by atoms with Gasteiger partial charge in [0.25, 0.3) is 0 Å². The highest BCUT2D eigenvalue weighted by atomic mass is 32.1. The molecule has 0 unspecified atom stereocenters. The van der Waals surface area contributed by atoms with Crippen molar-refractivity contribution in [3.8, 4) is 12.0 Å². The van der Waals surface area contributed by atoms with Gasteiger partial charge in [-0.05, 0) is 160 Å². The van der Waals surface area contributed by atoms with Gasteiger partial charge in [0.15, 0.2) is 0 Å². The number of aromatic amines is 2. The maximum Gasteiger partial charge on any atom is 0.338 e. The zero-order chi connectivity index (χ0) is 60.3. The molecule has 6 aromatic rings. The van der Waals surface area contributed by atoms with Crippen molar-refractivity contribution >= 4 is 89.7 Å². The molecule has 0 radical (unpaired) electrons. The lowest BCUT2D eigenvalue weighted by atomic mass is 9.99. The molecule has 8 heterocycles. The highest BCUT2D eigenvalue weighted by Crippen LogP contribution is 2.38. The third-order valence-electron chi connectivity index (χ3n) is 16.1. The summed E-state index contributed by atoms with van der Waals surface area (Å²) in [5, 5.41) is 2.51. The molecule has 19 nitrogen and oxygen atoms in total. The smallest absolute Gasteiger partial charge is 0.338 e. The van der Waals surface area contributed by atoms with Crippen molar-refractivity contribution in [2.75, 3.05) is 87.8 Å². The Morgan fingerprint density at radius 2 is 1.06 bits per heavy atom. The van der Waals surface area contributed by atoms with Crippen LogP contribution in [0.3, 0.4) is 0 Å². The first-order valence-electron chi connectivity index (χ1n) is 29.4. The van der Waals surface area contributed by atoms with Crippen molar-refractivity contribution in [1.29, 1.82) is 0 Å². The topological polar surface area (TPSA) is 230 Å². The van der Waals surface area contributed by atoms with Gasteiger partial charge >= 0.3 is 24.0 Å². The Kier molecular flexibility index (Phi) is 28.3. The number of H-pyrrole nitrogens is 2. The van der Waals surface area contributed by atoms with Crippen LogP contribution in [-0.2, 0) is 45.1 Å². The van der Waals surface area contributed by atoms with Gasteiger partial charge in [0.05, 0.1) is 24.5 Å². The van der Waals surface area contributed by atoms with Gasteiger partial charge in [-0.15, -0.1) is 0 Å². The molecule has 2 aromatic carbocycles. The zero-order valence-corrected chi connectivity index (χ0v) is 54.0. The number of carbonyl (C=O) groups excluding carboxylic acids is 3. The summed E-state index contributed by atoms with van der Waals surface area (Å²) in [4.78, 5) is 67.5. The van der Waals surface area contributed by atoms with E-state index in [4.69, 9.17) is 30.9 Å². The first-order chi connectivity index (χ1) is 39.9. The number of aromatic nitrogens is 6. The normalized spacial score (nSPS) is 15.9. The fraction of sp³-hybridized carbons (Fsp3) is 0.484. The number of amides is 1. The van der Waals surface area contributed by atoms with Crippen LogP contribution in [0.1, 0.15) is 117 Å². The number of ether oxygens (including phenoxy) is 3. The standard InChI is InChI=1S/2C23H30N6O.C7H13NO.C6H6O3.C5H12.2H2S/c2*1-14-11-19-17(6-8-25-19)21(15(14)2)29-10-7-18-20(12-29)26-23(27-22(18)24)30-13-16-5-4-9-28(16)3;1-4-7(9)8(5-2)6-3;1-3-5(7)9-6(8)4-2;1-3-5-4-2;;/h2*6,8,11,16,25H,4-5,7,9-10,12-13H2,1-3H3,(H2,24,26,27);4H,1,5-6H2,2-3H3;3-4H,1-2H2;3-5H2,1-2H3;2*1H2/t2*16-;;;;;/m00...../s1. The van der Waals surface area contributed by atoms with Crippen molar-refractivity contribution < 1.29 is 28.6 Å². The summed E-state index contributed by atoms with van der Waals surface area (Å²) >= 11 is 0. The summed E-state index contributed by atoms with van der Waals surface area (Å²) < 4.78 is 16.0. The third-order valence-corrected chi connectivity index (χ3v) is 16.1. The lowest BCUT2D eigenvalue weighted by Crippen LogP contribution is -2.33. The van der Waals surface area contributed by atoms with Crippen LogP contribution < -0.4 is 30.7 Å². The summed E-state index contributed by atoms with van der Waals surface area (Å²) in [5.74, 6) is -0.399. The number of esters is 2. The molecule has 1 amide bonds. The third kappa shape index (κ3) is 18.5. The maximum absolute atomic E-state index is 10.8. The molecule has 0 aliphatic carbocycles. The predicted molar refractivity (Wildman–Crippen MR) is 356 cm³/mol. The van der Waals surface area contributed by atoms with Crippen molar-refractivity contribution in [1.82, 2.24) is 44.6 Å². The van der Waals surface area contributed by atoms with Crippen LogP contribution in [0.25, 0.3) is 21.8 Å². The van der Waals surface area contributed by atoms with Gasteiger partial charge in [-0.2, -0.15) is 46.9 Å². The molecule has 85 heavy (non-hydrogen) atoms. The Labute approximate surface area is 517 Å². The van der Waals surface area contributed by atoms with Crippen LogP contribution in [0.2, 0.25) is 0 Å². The minimum atomic E-state index is -0.764. The molecule has 2 saturated heterocycles. The highest BCUT2D eigenvalue weighted by Gasteiger charge is 2.29. The molecule has 4 aromatic heterocycles. The summed E-state index contributed by atoms with van der Waals surface area (Å²) in [6, 6.07) is 10.4.